The zero-order valence-electron chi connectivity index (χ0n) is 14.1. The SMILES string of the molecule is CCN(c1ccc(C#N)c(C(F)(F)F)c1)[C@@H](c1ccccc1O)[S+](C)[O-]. The summed E-state index contributed by atoms with van der Waals surface area (Å²) in [7, 11) is 0. The van der Waals surface area contributed by atoms with Gasteiger partial charge in [0.05, 0.1) is 29.0 Å². The number of phenols is 1. The van der Waals surface area contributed by atoms with E-state index in [9.17, 15) is 22.8 Å². The van der Waals surface area contributed by atoms with Crippen molar-refractivity contribution in [3.05, 3.63) is 59.2 Å². The number of para-hydroxylation sites is 1. The number of halogens is 3. The third-order valence-corrected chi connectivity index (χ3v) is 5.04. The molecule has 0 aliphatic rings. The first-order chi connectivity index (χ1) is 12.2. The number of anilines is 1. The molecule has 0 heterocycles. The minimum absolute atomic E-state index is 0.0872. The first kappa shape index (κ1) is 19.9. The molecule has 1 unspecified atom stereocenters. The van der Waals surface area contributed by atoms with E-state index in [-0.39, 0.29) is 18.0 Å². The molecule has 8 heteroatoms. The van der Waals surface area contributed by atoms with E-state index in [1.807, 2.05) is 0 Å². The first-order valence-corrected chi connectivity index (χ1v) is 9.31. The smallest absolute Gasteiger partial charge is 0.417 e. The third-order valence-electron chi connectivity index (χ3n) is 3.90. The topological polar surface area (TPSA) is 70.3 Å². The zero-order chi connectivity index (χ0) is 19.5. The van der Waals surface area contributed by atoms with Crippen molar-refractivity contribution in [2.45, 2.75) is 18.5 Å². The predicted molar refractivity (Wildman–Crippen MR) is 94.1 cm³/mol. The van der Waals surface area contributed by atoms with E-state index in [1.54, 1.807) is 31.2 Å². The molecule has 2 aromatic carbocycles. The fraction of sp³-hybridized carbons (Fsp3) is 0.278. The van der Waals surface area contributed by atoms with Crippen molar-refractivity contribution >= 4 is 16.9 Å². The lowest BCUT2D eigenvalue weighted by atomic mass is 10.1. The zero-order valence-corrected chi connectivity index (χ0v) is 14.9. The lowest BCUT2D eigenvalue weighted by Gasteiger charge is -2.33. The van der Waals surface area contributed by atoms with Gasteiger partial charge in [-0.05, 0) is 48.4 Å². The number of nitrogens with zero attached hydrogens (tertiary/aromatic N) is 2. The van der Waals surface area contributed by atoms with E-state index < -0.39 is 33.9 Å². The van der Waals surface area contributed by atoms with Crippen molar-refractivity contribution in [1.29, 1.82) is 5.26 Å². The summed E-state index contributed by atoms with van der Waals surface area (Å²) in [6.07, 6.45) is -3.26. The van der Waals surface area contributed by atoms with Gasteiger partial charge in [0.25, 0.3) is 0 Å². The Morgan fingerprint density at radius 2 is 1.92 bits per heavy atom. The predicted octanol–water partition coefficient (Wildman–Crippen LogP) is 4.19. The van der Waals surface area contributed by atoms with E-state index >= 15 is 0 Å². The van der Waals surface area contributed by atoms with Gasteiger partial charge in [-0.25, -0.2) is 0 Å². The van der Waals surface area contributed by atoms with Gasteiger partial charge in [0.2, 0.25) is 5.37 Å². The average Bonchev–Trinajstić information content (AvgIpc) is 2.59. The number of hydrogen-bond donors (Lipinski definition) is 1. The summed E-state index contributed by atoms with van der Waals surface area (Å²) >= 11 is -1.51. The van der Waals surface area contributed by atoms with Gasteiger partial charge in [-0.3, -0.25) is 0 Å². The Balaban J connectivity index is 2.59. The van der Waals surface area contributed by atoms with Crippen LogP contribution < -0.4 is 4.90 Å². The first-order valence-electron chi connectivity index (χ1n) is 7.68. The molecule has 1 N–H and O–H groups in total. The van der Waals surface area contributed by atoms with Crippen LogP contribution in [0.4, 0.5) is 18.9 Å². The molecule has 0 aliphatic heterocycles. The molecule has 0 saturated carbocycles. The maximum Gasteiger partial charge on any atom is 0.417 e. The summed E-state index contributed by atoms with van der Waals surface area (Å²) in [5.41, 5.74) is -1.00. The lowest BCUT2D eigenvalue weighted by molar-refractivity contribution is -0.137. The standard InChI is InChI=1S/C18H17F3N2O2S/c1-3-23(17(26(2)25)14-6-4-5-7-16(14)24)13-9-8-12(11-22)15(10-13)18(19,20)21/h4-10,17,24H,3H2,1-2H3/t17-,26?/m1/s1. The molecule has 0 spiro atoms. The van der Waals surface area contributed by atoms with Crippen LogP contribution in [0.25, 0.3) is 0 Å². The van der Waals surface area contributed by atoms with Crippen LogP contribution in [0.5, 0.6) is 5.75 Å². The second kappa shape index (κ2) is 7.89. The van der Waals surface area contributed by atoms with Crippen LogP contribution in [-0.4, -0.2) is 22.5 Å². The molecule has 0 aliphatic carbocycles. The summed E-state index contributed by atoms with van der Waals surface area (Å²) < 4.78 is 52.1. The Hall–Kier alpha value is -2.37. The van der Waals surface area contributed by atoms with Crippen molar-refractivity contribution < 1.29 is 22.8 Å². The van der Waals surface area contributed by atoms with Gasteiger partial charge >= 0.3 is 6.18 Å². The van der Waals surface area contributed by atoms with Crippen molar-refractivity contribution in [3.8, 4) is 11.8 Å². The Bertz CT molecular complexity index is 819. The second-order valence-electron chi connectivity index (χ2n) is 5.54. The van der Waals surface area contributed by atoms with Gasteiger partial charge in [-0.1, -0.05) is 12.1 Å². The molecule has 0 bridgehead atoms. The quantitative estimate of drug-likeness (QED) is 0.788. The maximum atomic E-state index is 13.3. The monoisotopic (exact) mass is 382 g/mol. The van der Waals surface area contributed by atoms with E-state index in [0.29, 0.717) is 5.56 Å². The van der Waals surface area contributed by atoms with Crippen molar-refractivity contribution in [2.75, 3.05) is 17.7 Å². The third kappa shape index (κ3) is 4.06. The van der Waals surface area contributed by atoms with Crippen LogP contribution in [0.3, 0.4) is 0 Å². The number of rotatable bonds is 5. The highest BCUT2D eigenvalue weighted by molar-refractivity contribution is 7.91. The number of alkyl halides is 3. The summed E-state index contributed by atoms with van der Waals surface area (Å²) in [6, 6.07) is 11.2. The molecular weight excluding hydrogens is 365 g/mol. The van der Waals surface area contributed by atoms with E-state index in [1.165, 1.54) is 23.3 Å². The van der Waals surface area contributed by atoms with Gasteiger partial charge in [0.15, 0.2) is 0 Å². The number of aromatic hydroxyl groups is 1. The Labute approximate surface area is 152 Å². The van der Waals surface area contributed by atoms with E-state index in [2.05, 4.69) is 0 Å². The molecular formula is C18H17F3N2O2S. The summed E-state index contributed by atoms with van der Waals surface area (Å²) in [5, 5.41) is 18.2. The second-order valence-corrected chi connectivity index (χ2v) is 6.98. The lowest BCUT2D eigenvalue weighted by Crippen LogP contribution is -2.34. The molecule has 0 saturated heterocycles. The van der Waals surface area contributed by atoms with Crippen LogP contribution in [0.15, 0.2) is 42.5 Å². The summed E-state index contributed by atoms with van der Waals surface area (Å²) in [5.74, 6) is -0.0872. The van der Waals surface area contributed by atoms with Crippen LogP contribution in [-0.2, 0) is 17.4 Å². The molecule has 2 aromatic rings. The highest BCUT2D eigenvalue weighted by Crippen LogP contribution is 2.39. The average molecular weight is 382 g/mol. The van der Waals surface area contributed by atoms with Gasteiger partial charge in [0.1, 0.15) is 5.75 Å². The molecule has 0 fully saturated rings. The van der Waals surface area contributed by atoms with Gasteiger partial charge < -0.3 is 14.6 Å². The van der Waals surface area contributed by atoms with E-state index in [4.69, 9.17) is 5.26 Å². The Kier molecular flexibility index (Phi) is 6.05. The van der Waals surface area contributed by atoms with Crippen LogP contribution in [0, 0.1) is 11.3 Å². The van der Waals surface area contributed by atoms with Gasteiger partial charge in [0, 0.05) is 12.2 Å². The minimum Gasteiger partial charge on any atom is -0.615 e. The Morgan fingerprint density at radius 1 is 1.27 bits per heavy atom. The minimum atomic E-state index is -4.68. The van der Waals surface area contributed by atoms with Crippen molar-refractivity contribution in [2.24, 2.45) is 0 Å². The highest BCUT2D eigenvalue weighted by atomic mass is 32.2. The fourth-order valence-electron chi connectivity index (χ4n) is 2.75. The van der Waals surface area contributed by atoms with Crippen molar-refractivity contribution in [1.82, 2.24) is 0 Å². The molecule has 4 nitrogen and oxygen atoms in total. The Morgan fingerprint density at radius 3 is 2.42 bits per heavy atom. The maximum absolute atomic E-state index is 13.3. The number of phenolic OH excluding ortho intramolecular Hbond substituents is 1. The molecule has 0 aromatic heterocycles. The molecule has 2 rings (SSSR count). The number of benzene rings is 2. The highest BCUT2D eigenvalue weighted by Gasteiger charge is 2.36. The normalized spacial score (nSPS) is 13.7. The number of hydrogen-bond acceptors (Lipinski definition) is 4. The fourth-order valence-corrected chi connectivity index (χ4v) is 3.94. The van der Waals surface area contributed by atoms with Crippen LogP contribution in [0.2, 0.25) is 0 Å². The van der Waals surface area contributed by atoms with Gasteiger partial charge in [-0.2, -0.15) is 18.4 Å². The number of nitriles is 1. The van der Waals surface area contributed by atoms with Crippen molar-refractivity contribution in [3.63, 3.8) is 0 Å². The molecule has 0 amide bonds. The molecule has 0 radical (unpaired) electrons. The molecule has 138 valence electrons. The largest absolute Gasteiger partial charge is 0.615 e. The van der Waals surface area contributed by atoms with E-state index in [0.717, 1.165) is 12.1 Å². The van der Waals surface area contributed by atoms with Crippen LogP contribution >= 0.6 is 0 Å². The molecule has 2 atom stereocenters. The van der Waals surface area contributed by atoms with Crippen LogP contribution in [0.1, 0.15) is 29.0 Å². The molecule has 26 heavy (non-hydrogen) atoms. The van der Waals surface area contributed by atoms with Gasteiger partial charge in [-0.15, -0.1) is 0 Å². The summed E-state index contributed by atoms with van der Waals surface area (Å²) in [6.45, 7) is 1.97. The summed E-state index contributed by atoms with van der Waals surface area (Å²) in [4.78, 5) is 1.52.